The highest BCUT2D eigenvalue weighted by Gasteiger charge is 2.31. The molecule has 0 fully saturated rings. The first-order chi connectivity index (χ1) is 9.66. The maximum absolute atomic E-state index is 11.7. The molecule has 4 heteroatoms. The quantitative estimate of drug-likeness (QED) is 0.819. The predicted molar refractivity (Wildman–Crippen MR) is 74.6 cm³/mol. The average Bonchev–Trinajstić information content (AvgIpc) is 2.73. The molecule has 3 rings (SSSR count). The lowest BCUT2D eigenvalue weighted by molar-refractivity contribution is -0.124. The molecular weight excluding hydrogens is 254 g/mol. The minimum Gasteiger partial charge on any atom is -0.502 e. The van der Waals surface area contributed by atoms with Gasteiger partial charge in [0.1, 0.15) is 0 Å². The third-order valence-electron chi connectivity index (χ3n) is 3.16. The molecular formula is C16H11NO3. The van der Waals surface area contributed by atoms with E-state index >= 15 is 0 Å². The smallest absolute Gasteiger partial charge is 0.293 e. The van der Waals surface area contributed by atoms with Crippen LogP contribution in [-0.2, 0) is 9.59 Å². The van der Waals surface area contributed by atoms with Crippen LogP contribution in [0.1, 0.15) is 5.56 Å². The lowest BCUT2D eigenvalue weighted by Crippen LogP contribution is -2.22. The molecule has 0 saturated heterocycles. The van der Waals surface area contributed by atoms with Gasteiger partial charge in [0.05, 0.1) is 5.57 Å². The Morgan fingerprint density at radius 3 is 2.05 bits per heavy atom. The largest absolute Gasteiger partial charge is 0.502 e. The minimum atomic E-state index is -0.755. The number of hydrogen-bond donors (Lipinski definition) is 2. The summed E-state index contributed by atoms with van der Waals surface area (Å²) in [6, 6.07) is 16.8. The number of benzene rings is 2. The molecule has 0 radical (unpaired) electrons. The second-order valence-corrected chi connectivity index (χ2v) is 4.45. The van der Waals surface area contributed by atoms with Crippen LogP contribution < -0.4 is 5.32 Å². The molecule has 0 unspecified atom stereocenters. The molecule has 2 N–H and O–H groups in total. The highest BCUT2D eigenvalue weighted by molar-refractivity contribution is 6.35. The molecule has 0 spiro atoms. The van der Waals surface area contributed by atoms with Gasteiger partial charge in [-0.15, -0.1) is 0 Å². The Kier molecular flexibility index (Phi) is 2.84. The zero-order chi connectivity index (χ0) is 14.1. The summed E-state index contributed by atoms with van der Waals surface area (Å²) >= 11 is 0. The van der Waals surface area contributed by atoms with E-state index < -0.39 is 17.6 Å². The van der Waals surface area contributed by atoms with Crippen LogP contribution in [0.3, 0.4) is 0 Å². The van der Waals surface area contributed by atoms with Crippen molar-refractivity contribution in [3.8, 4) is 11.1 Å². The monoisotopic (exact) mass is 265 g/mol. The number of aliphatic hydroxyl groups excluding tert-OH is 1. The summed E-state index contributed by atoms with van der Waals surface area (Å²) in [4.78, 5) is 23.0. The molecule has 1 heterocycles. The zero-order valence-corrected chi connectivity index (χ0v) is 10.5. The summed E-state index contributed by atoms with van der Waals surface area (Å²) in [5.41, 5.74) is 2.45. The summed E-state index contributed by atoms with van der Waals surface area (Å²) in [6.07, 6.45) is 0. The van der Waals surface area contributed by atoms with Crippen molar-refractivity contribution in [2.45, 2.75) is 0 Å². The number of aliphatic hydroxyl groups is 1. The maximum atomic E-state index is 11.7. The number of amides is 2. The first kappa shape index (κ1) is 12.2. The summed E-state index contributed by atoms with van der Waals surface area (Å²) in [5.74, 6) is -1.85. The molecule has 0 saturated carbocycles. The molecule has 0 aromatic heterocycles. The van der Waals surface area contributed by atoms with E-state index in [9.17, 15) is 14.7 Å². The Morgan fingerprint density at radius 2 is 1.40 bits per heavy atom. The Balaban J connectivity index is 2.09. The normalized spacial score (nSPS) is 14.6. The lowest BCUT2D eigenvalue weighted by Gasteiger charge is -2.05. The van der Waals surface area contributed by atoms with Crippen molar-refractivity contribution in [3.63, 3.8) is 0 Å². The van der Waals surface area contributed by atoms with Crippen LogP contribution in [0.4, 0.5) is 0 Å². The number of imide groups is 1. The fraction of sp³-hybridized carbons (Fsp3) is 0. The zero-order valence-electron chi connectivity index (χ0n) is 10.5. The number of rotatable bonds is 2. The Labute approximate surface area is 115 Å². The number of carbonyl (C=O) groups is 2. The number of carbonyl (C=O) groups excluding carboxylic acids is 2. The highest BCUT2D eigenvalue weighted by Crippen LogP contribution is 2.27. The second-order valence-electron chi connectivity index (χ2n) is 4.45. The van der Waals surface area contributed by atoms with Gasteiger partial charge in [-0.05, 0) is 22.8 Å². The fourth-order valence-corrected chi connectivity index (χ4v) is 2.20. The third kappa shape index (κ3) is 1.97. The molecule has 2 aromatic carbocycles. The SMILES string of the molecule is O=C1NC(=O)C(c2cccc(-c3ccccc3)c2)=C1O. The van der Waals surface area contributed by atoms with Crippen molar-refractivity contribution in [3.05, 3.63) is 65.9 Å². The van der Waals surface area contributed by atoms with Gasteiger partial charge in [0.25, 0.3) is 11.8 Å². The van der Waals surface area contributed by atoms with E-state index in [-0.39, 0.29) is 5.57 Å². The van der Waals surface area contributed by atoms with Crippen LogP contribution in [0.15, 0.2) is 60.4 Å². The number of hydrogen-bond acceptors (Lipinski definition) is 3. The summed E-state index contributed by atoms with van der Waals surface area (Å²) < 4.78 is 0. The van der Waals surface area contributed by atoms with Crippen LogP contribution in [-0.4, -0.2) is 16.9 Å². The van der Waals surface area contributed by atoms with Gasteiger partial charge in [0.2, 0.25) is 0 Å². The van der Waals surface area contributed by atoms with Crippen molar-refractivity contribution in [2.24, 2.45) is 0 Å². The number of nitrogens with one attached hydrogen (secondary N) is 1. The van der Waals surface area contributed by atoms with Gasteiger partial charge in [-0.25, -0.2) is 0 Å². The van der Waals surface area contributed by atoms with Gasteiger partial charge in [-0.2, -0.15) is 0 Å². The van der Waals surface area contributed by atoms with Crippen molar-refractivity contribution in [2.75, 3.05) is 0 Å². The second kappa shape index (κ2) is 4.66. The van der Waals surface area contributed by atoms with Gasteiger partial charge in [-0.1, -0.05) is 48.5 Å². The van der Waals surface area contributed by atoms with Crippen LogP contribution in [0.5, 0.6) is 0 Å². The van der Waals surface area contributed by atoms with E-state index in [2.05, 4.69) is 5.32 Å². The van der Waals surface area contributed by atoms with E-state index in [1.54, 1.807) is 18.2 Å². The Bertz CT molecular complexity index is 732. The fourth-order valence-electron chi connectivity index (χ4n) is 2.20. The van der Waals surface area contributed by atoms with Gasteiger partial charge >= 0.3 is 0 Å². The maximum Gasteiger partial charge on any atom is 0.293 e. The molecule has 1 aliphatic rings. The summed E-state index contributed by atoms with van der Waals surface area (Å²) in [7, 11) is 0. The summed E-state index contributed by atoms with van der Waals surface area (Å²) in [5, 5.41) is 11.8. The van der Waals surface area contributed by atoms with E-state index in [1.807, 2.05) is 36.4 Å². The Morgan fingerprint density at radius 1 is 0.750 bits per heavy atom. The van der Waals surface area contributed by atoms with Crippen LogP contribution >= 0.6 is 0 Å². The first-order valence-corrected chi connectivity index (χ1v) is 6.11. The molecule has 2 amide bonds. The molecule has 1 aliphatic heterocycles. The van der Waals surface area contributed by atoms with Crippen molar-refractivity contribution in [1.82, 2.24) is 5.32 Å². The van der Waals surface area contributed by atoms with E-state index in [0.29, 0.717) is 5.56 Å². The van der Waals surface area contributed by atoms with Gasteiger partial charge < -0.3 is 5.11 Å². The Hall–Kier alpha value is -2.88. The van der Waals surface area contributed by atoms with Crippen LogP contribution in [0.2, 0.25) is 0 Å². The topological polar surface area (TPSA) is 66.4 Å². The van der Waals surface area contributed by atoms with Crippen molar-refractivity contribution in [1.29, 1.82) is 0 Å². The van der Waals surface area contributed by atoms with Crippen LogP contribution in [0.25, 0.3) is 16.7 Å². The standard InChI is InChI=1S/C16H11NO3/c18-14-13(15(19)17-16(14)20)12-8-4-7-11(9-12)10-5-2-1-3-6-10/h1-9H,(H2,17,18,19,20). The molecule has 4 nitrogen and oxygen atoms in total. The average molecular weight is 265 g/mol. The van der Waals surface area contributed by atoms with E-state index in [1.165, 1.54) is 0 Å². The molecule has 0 atom stereocenters. The van der Waals surface area contributed by atoms with Crippen LogP contribution in [0, 0.1) is 0 Å². The van der Waals surface area contributed by atoms with E-state index in [4.69, 9.17) is 0 Å². The van der Waals surface area contributed by atoms with Gasteiger partial charge in [-0.3, -0.25) is 14.9 Å². The summed E-state index contributed by atoms with van der Waals surface area (Å²) in [6.45, 7) is 0. The van der Waals surface area contributed by atoms with Gasteiger partial charge in [0, 0.05) is 0 Å². The highest BCUT2D eigenvalue weighted by atomic mass is 16.3. The first-order valence-electron chi connectivity index (χ1n) is 6.11. The molecule has 98 valence electrons. The van der Waals surface area contributed by atoms with E-state index in [0.717, 1.165) is 11.1 Å². The molecule has 2 aromatic rings. The van der Waals surface area contributed by atoms with Crippen molar-refractivity contribution >= 4 is 17.4 Å². The molecule has 20 heavy (non-hydrogen) atoms. The molecule has 0 aliphatic carbocycles. The molecule has 0 bridgehead atoms. The predicted octanol–water partition coefficient (Wildman–Crippen LogP) is 2.28. The van der Waals surface area contributed by atoms with Crippen molar-refractivity contribution < 1.29 is 14.7 Å². The van der Waals surface area contributed by atoms with Gasteiger partial charge in [0.15, 0.2) is 5.76 Å². The lowest BCUT2D eigenvalue weighted by atomic mass is 9.99. The third-order valence-corrected chi connectivity index (χ3v) is 3.16. The minimum absolute atomic E-state index is 0.0211.